The lowest BCUT2D eigenvalue weighted by atomic mass is 10.2. The number of ether oxygens (including phenoxy) is 1. The van der Waals surface area contributed by atoms with Crippen LogP contribution >= 0.6 is 11.6 Å². The molecule has 0 aliphatic carbocycles. The van der Waals surface area contributed by atoms with Gasteiger partial charge in [-0.05, 0) is 36.8 Å². The first kappa shape index (κ1) is 15.9. The van der Waals surface area contributed by atoms with E-state index in [1.165, 1.54) is 6.07 Å². The van der Waals surface area contributed by atoms with Crippen LogP contribution in [0, 0.1) is 6.92 Å². The summed E-state index contributed by atoms with van der Waals surface area (Å²) in [5.41, 5.74) is 7.53. The zero-order chi connectivity index (χ0) is 16.1. The van der Waals surface area contributed by atoms with Crippen LogP contribution < -0.4 is 11.1 Å². The van der Waals surface area contributed by atoms with Gasteiger partial charge in [0, 0.05) is 16.4 Å². The molecule has 2 aromatic rings. The zero-order valence-corrected chi connectivity index (χ0v) is 12.7. The van der Waals surface area contributed by atoms with Crippen LogP contribution in [0.25, 0.3) is 0 Å². The van der Waals surface area contributed by atoms with Gasteiger partial charge in [0.15, 0.2) is 6.61 Å². The highest BCUT2D eigenvalue weighted by Crippen LogP contribution is 2.22. The van der Waals surface area contributed by atoms with E-state index >= 15 is 0 Å². The first-order valence-corrected chi connectivity index (χ1v) is 6.93. The van der Waals surface area contributed by atoms with Crippen molar-refractivity contribution in [2.75, 3.05) is 17.7 Å². The monoisotopic (exact) mass is 318 g/mol. The van der Waals surface area contributed by atoms with Crippen LogP contribution in [0.2, 0.25) is 5.02 Å². The number of carbonyl (C=O) groups excluding carboxylic acids is 2. The number of halogens is 1. The molecule has 0 saturated heterocycles. The molecule has 0 atom stereocenters. The average molecular weight is 319 g/mol. The summed E-state index contributed by atoms with van der Waals surface area (Å²) < 4.78 is 4.95. The maximum Gasteiger partial charge on any atom is 0.340 e. The molecular formula is C16H15ClN2O3. The predicted octanol–water partition coefficient (Wildman–Crippen LogP) is 3.03. The molecular weight excluding hydrogens is 304 g/mol. The van der Waals surface area contributed by atoms with E-state index in [2.05, 4.69) is 5.32 Å². The van der Waals surface area contributed by atoms with Gasteiger partial charge in [0.2, 0.25) is 0 Å². The van der Waals surface area contributed by atoms with Crippen molar-refractivity contribution >= 4 is 34.9 Å². The minimum atomic E-state index is -0.643. The van der Waals surface area contributed by atoms with Gasteiger partial charge in [-0.2, -0.15) is 0 Å². The van der Waals surface area contributed by atoms with Gasteiger partial charge >= 0.3 is 5.97 Å². The fourth-order valence-electron chi connectivity index (χ4n) is 1.82. The SMILES string of the molecule is Cc1c(Cl)cccc1NC(=O)COC(=O)c1ccccc1N. The first-order chi connectivity index (χ1) is 10.5. The van der Waals surface area contributed by atoms with E-state index in [0.717, 1.165) is 5.56 Å². The van der Waals surface area contributed by atoms with Gasteiger partial charge in [-0.1, -0.05) is 29.8 Å². The van der Waals surface area contributed by atoms with Gasteiger partial charge in [-0.15, -0.1) is 0 Å². The number of hydrogen-bond acceptors (Lipinski definition) is 4. The fourth-order valence-corrected chi connectivity index (χ4v) is 2.00. The summed E-state index contributed by atoms with van der Waals surface area (Å²) in [7, 11) is 0. The normalized spacial score (nSPS) is 10.1. The number of para-hydroxylation sites is 1. The summed E-state index contributed by atoms with van der Waals surface area (Å²) in [5, 5.41) is 3.19. The third-order valence-corrected chi connectivity index (χ3v) is 3.47. The second-order valence-electron chi connectivity index (χ2n) is 4.62. The van der Waals surface area contributed by atoms with Crippen LogP contribution in [0.4, 0.5) is 11.4 Å². The van der Waals surface area contributed by atoms with Crippen LogP contribution in [0.5, 0.6) is 0 Å². The Balaban J connectivity index is 1.95. The molecule has 0 heterocycles. The topological polar surface area (TPSA) is 81.4 Å². The van der Waals surface area contributed by atoms with E-state index in [4.69, 9.17) is 22.1 Å². The molecule has 2 aromatic carbocycles. The van der Waals surface area contributed by atoms with Crippen molar-refractivity contribution in [2.24, 2.45) is 0 Å². The third-order valence-electron chi connectivity index (χ3n) is 3.06. The van der Waals surface area contributed by atoms with Gasteiger partial charge in [0.05, 0.1) is 5.56 Å². The number of hydrogen-bond donors (Lipinski definition) is 2. The minimum Gasteiger partial charge on any atom is -0.452 e. The van der Waals surface area contributed by atoms with E-state index in [0.29, 0.717) is 16.4 Å². The Bertz CT molecular complexity index is 716. The predicted molar refractivity (Wildman–Crippen MR) is 86.0 cm³/mol. The van der Waals surface area contributed by atoms with Crippen molar-refractivity contribution < 1.29 is 14.3 Å². The van der Waals surface area contributed by atoms with Crippen molar-refractivity contribution in [3.05, 3.63) is 58.6 Å². The van der Waals surface area contributed by atoms with Gasteiger partial charge in [-0.3, -0.25) is 4.79 Å². The largest absolute Gasteiger partial charge is 0.452 e. The number of nitrogen functional groups attached to an aromatic ring is 1. The first-order valence-electron chi connectivity index (χ1n) is 6.55. The van der Waals surface area contributed by atoms with Gasteiger partial charge < -0.3 is 15.8 Å². The van der Waals surface area contributed by atoms with Gasteiger partial charge in [0.25, 0.3) is 5.91 Å². The summed E-state index contributed by atoms with van der Waals surface area (Å²) in [6.45, 7) is 1.38. The van der Waals surface area contributed by atoms with Gasteiger partial charge in [-0.25, -0.2) is 4.79 Å². The molecule has 2 rings (SSSR count). The highest BCUT2D eigenvalue weighted by atomic mass is 35.5. The molecule has 114 valence electrons. The molecule has 6 heteroatoms. The molecule has 0 unspecified atom stereocenters. The highest BCUT2D eigenvalue weighted by Gasteiger charge is 2.13. The average Bonchev–Trinajstić information content (AvgIpc) is 2.50. The Morgan fingerprint density at radius 1 is 1.18 bits per heavy atom. The Kier molecular flexibility index (Phi) is 5.01. The summed E-state index contributed by atoms with van der Waals surface area (Å²) in [5.74, 6) is -1.09. The molecule has 3 N–H and O–H groups in total. The van der Waals surface area contributed by atoms with E-state index in [1.807, 2.05) is 0 Å². The summed E-state index contributed by atoms with van der Waals surface area (Å²) >= 11 is 5.97. The number of rotatable bonds is 4. The van der Waals surface area contributed by atoms with Crippen LogP contribution in [0.3, 0.4) is 0 Å². The molecule has 0 aliphatic heterocycles. The lowest BCUT2D eigenvalue weighted by Crippen LogP contribution is -2.21. The summed E-state index contributed by atoms with van der Waals surface area (Å²) in [6.07, 6.45) is 0. The smallest absolute Gasteiger partial charge is 0.340 e. The lowest BCUT2D eigenvalue weighted by molar-refractivity contribution is -0.119. The third kappa shape index (κ3) is 3.77. The van der Waals surface area contributed by atoms with Crippen LogP contribution in [-0.4, -0.2) is 18.5 Å². The fraction of sp³-hybridized carbons (Fsp3) is 0.125. The molecule has 0 aromatic heterocycles. The standard InChI is InChI=1S/C16H15ClN2O3/c1-10-12(17)6-4-8-14(10)19-15(20)9-22-16(21)11-5-2-3-7-13(11)18/h2-8H,9,18H2,1H3,(H,19,20). The lowest BCUT2D eigenvalue weighted by Gasteiger charge is -2.10. The van der Waals surface area contributed by atoms with Gasteiger partial charge in [0.1, 0.15) is 0 Å². The number of esters is 1. The second kappa shape index (κ2) is 6.95. The Hall–Kier alpha value is -2.53. The number of nitrogens with two attached hydrogens (primary N) is 1. The van der Waals surface area contributed by atoms with Crippen molar-refractivity contribution in [2.45, 2.75) is 6.92 Å². The van der Waals surface area contributed by atoms with E-state index in [-0.39, 0.29) is 5.56 Å². The number of benzene rings is 2. The molecule has 22 heavy (non-hydrogen) atoms. The van der Waals surface area contributed by atoms with Crippen LogP contribution in [-0.2, 0) is 9.53 Å². The molecule has 1 amide bonds. The summed E-state index contributed by atoms with van der Waals surface area (Å²) in [6, 6.07) is 11.7. The zero-order valence-electron chi connectivity index (χ0n) is 11.9. The molecule has 5 nitrogen and oxygen atoms in total. The molecule has 0 fully saturated rings. The second-order valence-corrected chi connectivity index (χ2v) is 5.03. The molecule has 0 spiro atoms. The molecule has 0 radical (unpaired) electrons. The van der Waals surface area contributed by atoms with E-state index < -0.39 is 18.5 Å². The number of amides is 1. The van der Waals surface area contributed by atoms with E-state index in [1.54, 1.807) is 43.3 Å². The van der Waals surface area contributed by atoms with E-state index in [9.17, 15) is 9.59 Å². The Morgan fingerprint density at radius 3 is 2.64 bits per heavy atom. The highest BCUT2D eigenvalue weighted by molar-refractivity contribution is 6.31. The van der Waals surface area contributed by atoms with Crippen molar-refractivity contribution in [3.63, 3.8) is 0 Å². The van der Waals surface area contributed by atoms with Crippen molar-refractivity contribution in [3.8, 4) is 0 Å². The number of anilines is 2. The molecule has 0 aliphatic rings. The number of nitrogens with one attached hydrogen (secondary N) is 1. The maximum atomic E-state index is 11.8. The van der Waals surface area contributed by atoms with Crippen LogP contribution in [0.15, 0.2) is 42.5 Å². The van der Waals surface area contributed by atoms with Crippen LogP contribution in [0.1, 0.15) is 15.9 Å². The molecule has 0 saturated carbocycles. The summed E-state index contributed by atoms with van der Waals surface area (Å²) in [4.78, 5) is 23.7. The Labute approximate surface area is 133 Å². The van der Waals surface area contributed by atoms with Crippen molar-refractivity contribution in [1.29, 1.82) is 0 Å². The maximum absolute atomic E-state index is 11.8. The minimum absolute atomic E-state index is 0.231. The van der Waals surface area contributed by atoms with Crippen molar-refractivity contribution in [1.82, 2.24) is 0 Å². The number of carbonyl (C=O) groups is 2. The quantitative estimate of drug-likeness (QED) is 0.670. The Morgan fingerprint density at radius 2 is 1.91 bits per heavy atom. The molecule has 0 bridgehead atoms.